The van der Waals surface area contributed by atoms with Crippen LogP contribution in [0.25, 0.3) is 0 Å². The van der Waals surface area contributed by atoms with Gasteiger partial charge >= 0.3 is 0 Å². The number of aliphatic hydroxyl groups is 1. The number of nitrogens with one attached hydrogen (secondary N) is 1. The van der Waals surface area contributed by atoms with Crippen molar-refractivity contribution in [3.63, 3.8) is 0 Å². The minimum Gasteiger partial charge on any atom is -0.403 e. The lowest BCUT2D eigenvalue weighted by Crippen LogP contribution is -2.36. The minimum atomic E-state index is -0.171. The molecule has 0 unspecified atom stereocenters. The SMILES string of the molecule is N/C=C(/CO)N(N)CCCCC(=O)NC1CCCCC1. The van der Waals surface area contributed by atoms with Gasteiger partial charge in [-0.1, -0.05) is 19.3 Å². The molecule has 1 amide bonds. The lowest BCUT2D eigenvalue weighted by atomic mass is 9.95. The fourth-order valence-electron chi connectivity index (χ4n) is 2.50. The van der Waals surface area contributed by atoms with Gasteiger partial charge in [0.05, 0.1) is 12.3 Å². The zero-order valence-electron chi connectivity index (χ0n) is 12.2. The van der Waals surface area contributed by atoms with Crippen molar-refractivity contribution in [2.45, 2.75) is 57.4 Å². The van der Waals surface area contributed by atoms with E-state index >= 15 is 0 Å². The van der Waals surface area contributed by atoms with Crippen LogP contribution < -0.4 is 16.9 Å². The van der Waals surface area contributed by atoms with E-state index in [1.54, 1.807) is 0 Å². The van der Waals surface area contributed by atoms with Gasteiger partial charge in [-0.25, -0.2) is 5.84 Å². The normalized spacial score (nSPS) is 17.0. The van der Waals surface area contributed by atoms with Crippen molar-refractivity contribution in [3.05, 3.63) is 11.9 Å². The fraction of sp³-hybridized carbons (Fsp3) is 0.786. The van der Waals surface area contributed by atoms with Gasteiger partial charge in [-0.05, 0) is 25.7 Å². The lowest BCUT2D eigenvalue weighted by molar-refractivity contribution is -0.122. The Labute approximate surface area is 121 Å². The molecule has 6 heteroatoms. The predicted molar refractivity (Wildman–Crippen MR) is 79.1 cm³/mol. The first-order chi connectivity index (χ1) is 9.67. The van der Waals surface area contributed by atoms with Crippen molar-refractivity contribution in [2.75, 3.05) is 13.2 Å². The number of rotatable bonds is 8. The van der Waals surface area contributed by atoms with Crippen LogP contribution in [0.5, 0.6) is 0 Å². The Morgan fingerprint density at radius 2 is 2.00 bits per heavy atom. The van der Waals surface area contributed by atoms with Crippen molar-refractivity contribution in [1.29, 1.82) is 0 Å². The Hall–Kier alpha value is -1.27. The molecule has 1 aliphatic carbocycles. The number of nitrogens with zero attached hydrogens (tertiary/aromatic N) is 1. The highest BCUT2D eigenvalue weighted by Crippen LogP contribution is 2.17. The van der Waals surface area contributed by atoms with Gasteiger partial charge in [0.1, 0.15) is 0 Å². The van der Waals surface area contributed by atoms with Crippen LogP contribution in [0, 0.1) is 0 Å². The summed E-state index contributed by atoms with van der Waals surface area (Å²) in [5, 5.41) is 13.5. The average molecular weight is 284 g/mol. The fourth-order valence-corrected chi connectivity index (χ4v) is 2.50. The number of hydrogen-bond donors (Lipinski definition) is 4. The van der Waals surface area contributed by atoms with E-state index in [0.717, 1.165) is 25.7 Å². The molecule has 0 bridgehead atoms. The molecule has 0 aromatic heterocycles. The van der Waals surface area contributed by atoms with E-state index in [0.29, 0.717) is 24.7 Å². The highest BCUT2D eigenvalue weighted by molar-refractivity contribution is 5.76. The van der Waals surface area contributed by atoms with Crippen LogP contribution in [0.15, 0.2) is 11.9 Å². The molecule has 0 aromatic rings. The third kappa shape index (κ3) is 6.25. The van der Waals surface area contributed by atoms with Crippen LogP contribution in [0.1, 0.15) is 51.4 Å². The summed E-state index contributed by atoms with van der Waals surface area (Å²) in [6, 6.07) is 0.378. The second-order valence-corrected chi connectivity index (χ2v) is 5.37. The summed E-state index contributed by atoms with van der Waals surface area (Å²) in [7, 11) is 0. The molecule has 0 spiro atoms. The van der Waals surface area contributed by atoms with Gasteiger partial charge in [0.15, 0.2) is 0 Å². The predicted octanol–water partition coefficient (Wildman–Crippen LogP) is 0.574. The number of nitrogens with two attached hydrogens (primary N) is 2. The molecule has 6 nitrogen and oxygen atoms in total. The topological polar surface area (TPSA) is 105 Å². The van der Waals surface area contributed by atoms with Gasteiger partial charge in [-0.2, -0.15) is 0 Å². The van der Waals surface area contributed by atoms with Crippen LogP contribution in [-0.4, -0.2) is 35.2 Å². The first-order valence-corrected chi connectivity index (χ1v) is 7.50. The maximum Gasteiger partial charge on any atom is 0.220 e. The average Bonchev–Trinajstić information content (AvgIpc) is 2.46. The smallest absolute Gasteiger partial charge is 0.220 e. The van der Waals surface area contributed by atoms with E-state index in [-0.39, 0.29) is 12.5 Å². The minimum absolute atomic E-state index is 0.136. The molecule has 0 saturated heterocycles. The number of hydrazine groups is 1. The van der Waals surface area contributed by atoms with Crippen LogP contribution in [0.3, 0.4) is 0 Å². The second kappa shape index (κ2) is 9.61. The lowest BCUT2D eigenvalue weighted by Gasteiger charge is -2.23. The van der Waals surface area contributed by atoms with Gasteiger partial charge in [0, 0.05) is 25.2 Å². The van der Waals surface area contributed by atoms with Crippen LogP contribution in [-0.2, 0) is 4.79 Å². The van der Waals surface area contributed by atoms with Crippen molar-refractivity contribution in [3.8, 4) is 0 Å². The second-order valence-electron chi connectivity index (χ2n) is 5.37. The maximum absolute atomic E-state index is 11.8. The zero-order valence-corrected chi connectivity index (χ0v) is 12.2. The number of unbranched alkanes of at least 4 members (excludes halogenated alkanes) is 1. The molecular formula is C14H28N4O2. The van der Waals surface area contributed by atoms with E-state index in [2.05, 4.69) is 5.32 Å². The molecule has 116 valence electrons. The van der Waals surface area contributed by atoms with E-state index in [1.807, 2.05) is 0 Å². The third-order valence-corrected chi connectivity index (χ3v) is 3.75. The summed E-state index contributed by atoms with van der Waals surface area (Å²) in [4.78, 5) is 11.8. The summed E-state index contributed by atoms with van der Waals surface area (Å²) in [5.74, 6) is 5.87. The van der Waals surface area contributed by atoms with E-state index in [4.69, 9.17) is 16.7 Å². The monoisotopic (exact) mass is 284 g/mol. The van der Waals surface area contributed by atoms with E-state index in [1.165, 1.54) is 30.5 Å². The zero-order chi connectivity index (χ0) is 14.8. The molecule has 1 rings (SSSR count). The molecular weight excluding hydrogens is 256 g/mol. The molecule has 6 N–H and O–H groups in total. The number of carbonyl (C=O) groups excluding carboxylic acids is 1. The number of amides is 1. The van der Waals surface area contributed by atoms with Crippen molar-refractivity contribution in [2.24, 2.45) is 11.6 Å². The van der Waals surface area contributed by atoms with E-state index < -0.39 is 0 Å². The maximum atomic E-state index is 11.8. The Morgan fingerprint density at radius 3 is 2.60 bits per heavy atom. The largest absolute Gasteiger partial charge is 0.403 e. The number of carbonyl (C=O) groups is 1. The molecule has 20 heavy (non-hydrogen) atoms. The molecule has 1 saturated carbocycles. The molecule has 0 aromatic carbocycles. The third-order valence-electron chi connectivity index (χ3n) is 3.75. The Balaban J connectivity index is 2.09. The first-order valence-electron chi connectivity index (χ1n) is 7.50. The van der Waals surface area contributed by atoms with Crippen LogP contribution in [0.4, 0.5) is 0 Å². The summed E-state index contributed by atoms with van der Waals surface area (Å²) in [5.41, 5.74) is 5.83. The summed E-state index contributed by atoms with van der Waals surface area (Å²) < 4.78 is 0. The summed E-state index contributed by atoms with van der Waals surface area (Å²) >= 11 is 0. The van der Waals surface area contributed by atoms with Crippen LogP contribution >= 0.6 is 0 Å². The van der Waals surface area contributed by atoms with Crippen molar-refractivity contribution >= 4 is 5.91 Å². The molecule has 0 heterocycles. The number of aliphatic hydroxyl groups excluding tert-OH is 1. The van der Waals surface area contributed by atoms with Crippen LogP contribution in [0.2, 0.25) is 0 Å². The standard InChI is InChI=1S/C14H28N4O2/c15-10-13(11-19)18(16)9-5-4-8-14(20)17-12-6-2-1-3-7-12/h10,12,19H,1-9,11,15-16H2,(H,17,20)/b13-10-. The Kier molecular flexibility index (Phi) is 8.06. The summed E-state index contributed by atoms with van der Waals surface area (Å²) in [6.07, 6.45) is 9.39. The summed E-state index contributed by atoms with van der Waals surface area (Å²) in [6.45, 7) is 0.412. The van der Waals surface area contributed by atoms with E-state index in [9.17, 15) is 4.79 Å². The Bertz CT molecular complexity index is 314. The molecule has 1 aliphatic rings. The number of hydrogen-bond acceptors (Lipinski definition) is 5. The highest BCUT2D eigenvalue weighted by Gasteiger charge is 2.15. The molecule has 0 radical (unpaired) electrons. The van der Waals surface area contributed by atoms with Gasteiger partial charge in [0.2, 0.25) is 5.91 Å². The molecule has 0 aliphatic heterocycles. The van der Waals surface area contributed by atoms with Crippen molar-refractivity contribution in [1.82, 2.24) is 10.3 Å². The van der Waals surface area contributed by atoms with Gasteiger partial charge in [-0.15, -0.1) is 0 Å². The van der Waals surface area contributed by atoms with Gasteiger partial charge < -0.3 is 21.2 Å². The molecule has 1 fully saturated rings. The quantitative estimate of drug-likeness (QED) is 0.296. The van der Waals surface area contributed by atoms with Crippen molar-refractivity contribution < 1.29 is 9.90 Å². The molecule has 0 atom stereocenters. The Morgan fingerprint density at radius 1 is 1.30 bits per heavy atom. The first kappa shape index (κ1) is 16.8. The highest BCUT2D eigenvalue weighted by atomic mass is 16.3. The van der Waals surface area contributed by atoms with Gasteiger partial charge in [-0.3, -0.25) is 4.79 Å². The van der Waals surface area contributed by atoms with Gasteiger partial charge in [0.25, 0.3) is 0 Å².